The molecule has 19 heavy (non-hydrogen) atoms. The van der Waals surface area contributed by atoms with Crippen LogP contribution in [0.15, 0.2) is 6.20 Å². The molecule has 0 bridgehead atoms. The Bertz CT molecular complexity index is 456. The summed E-state index contributed by atoms with van der Waals surface area (Å²) in [4.78, 5) is 7.37. The third-order valence-electron chi connectivity index (χ3n) is 4.59. The Balaban J connectivity index is 2.00. The van der Waals surface area contributed by atoms with E-state index in [1.807, 2.05) is 0 Å². The van der Waals surface area contributed by atoms with Crippen molar-refractivity contribution in [2.45, 2.75) is 52.0 Å². The molecule has 0 unspecified atom stereocenters. The number of hydrogen-bond donors (Lipinski definition) is 1. The molecular formula is C16H25N3. The van der Waals surface area contributed by atoms with Crippen molar-refractivity contribution in [3.8, 4) is 0 Å². The molecule has 1 saturated heterocycles. The van der Waals surface area contributed by atoms with E-state index in [0.717, 1.165) is 26.1 Å². The van der Waals surface area contributed by atoms with Gasteiger partial charge in [-0.15, -0.1) is 0 Å². The third kappa shape index (κ3) is 2.25. The lowest BCUT2D eigenvalue weighted by Crippen LogP contribution is -2.53. The molecule has 0 spiro atoms. The van der Waals surface area contributed by atoms with Crippen molar-refractivity contribution in [1.82, 2.24) is 10.3 Å². The summed E-state index contributed by atoms with van der Waals surface area (Å²) in [6, 6.07) is 0.662. The van der Waals surface area contributed by atoms with E-state index >= 15 is 0 Å². The van der Waals surface area contributed by atoms with Gasteiger partial charge in [-0.2, -0.15) is 0 Å². The molecule has 0 amide bonds. The van der Waals surface area contributed by atoms with Crippen LogP contribution < -0.4 is 10.2 Å². The Morgan fingerprint density at radius 1 is 1.42 bits per heavy atom. The summed E-state index contributed by atoms with van der Waals surface area (Å²) in [5.41, 5.74) is 4.62. The van der Waals surface area contributed by atoms with Crippen LogP contribution in [-0.2, 0) is 19.3 Å². The minimum absolute atomic E-state index is 0.662. The van der Waals surface area contributed by atoms with E-state index in [1.165, 1.54) is 37.1 Å². The van der Waals surface area contributed by atoms with Crippen LogP contribution in [0.5, 0.6) is 0 Å². The van der Waals surface area contributed by atoms with Crippen molar-refractivity contribution in [2.24, 2.45) is 0 Å². The number of rotatable bonds is 3. The third-order valence-corrected chi connectivity index (χ3v) is 4.59. The first-order chi connectivity index (χ1) is 9.35. The van der Waals surface area contributed by atoms with Crippen molar-refractivity contribution in [2.75, 3.05) is 24.5 Å². The molecule has 1 fully saturated rings. The minimum atomic E-state index is 0.662. The van der Waals surface area contributed by atoms with Gasteiger partial charge in [-0.05, 0) is 42.4 Å². The van der Waals surface area contributed by atoms with E-state index in [1.54, 1.807) is 11.1 Å². The van der Waals surface area contributed by atoms with E-state index in [-0.39, 0.29) is 0 Å². The maximum Gasteiger partial charge on any atom is 0.132 e. The number of anilines is 1. The highest BCUT2D eigenvalue weighted by Gasteiger charge is 2.30. The van der Waals surface area contributed by atoms with Gasteiger partial charge in [-0.3, -0.25) is 0 Å². The fourth-order valence-electron chi connectivity index (χ4n) is 3.67. The lowest BCUT2D eigenvalue weighted by molar-refractivity contribution is 0.434. The Hall–Kier alpha value is -1.09. The molecule has 2 aliphatic heterocycles. The summed E-state index contributed by atoms with van der Waals surface area (Å²) in [6.45, 7) is 7.87. The molecular weight excluding hydrogens is 234 g/mol. The van der Waals surface area contributed by atoms with Crippen molar-refractivity contribution in [3.05, 3.63) is 22.9 Å². The van der Waals surface area contributed by atoms with Crippen LogP contribution in [-0.4, -0.2) is 30.7 Å². The summed E-state index contributed by atoms with van der Waals surface area (Å²) >= 11 is 0. The highest BCUT2D eigenvalue weighted by molar-refractivity contribution is 5.56. The molecule has 0 saturated carbocycles. The van der Waals surface area contributed by atoms with E-state index < -0.39 is 0 Å². The van der Waals surface area contributed by atoms with Gasteiger partial charge in [0.1, 0.15) is 5.82 Å². The predicted molar refractivity (Wildman–Crippen MR) is 79.9 cm³/mol. The van der Waals surface area contributed by atoms with Crippen LogP contribution in [0.2, 0.25) is 0 Å². The zero-order chi connectivity index (χ0) is 13.2. The molecule has 1 aromatic heterocycles. The quantitative estimate of drug-likeness (QED) is 0.903. The van der Waals surface area contributed by atoms with Gasteiger partial charge in [0.05, 0.1) is 0 Å². The second-order valence-electron chi connectivity index (χ2n) is 5.76. The molecule has 1 atom stereocenters. The van der Waals surface area contributed by atoms with Crippen LogP contribution in [0.4, 0.5) is 5.82 Å². The Kier molecular flexibility index (Phi) is 3.74. The molecule has 3 heteroatoms. The topological polar surface area (TPSA) is 28.2 Å². The minimum Gasteiger partial charge on any atom is -0.351 e. The number of aryl methyl sites for hydroxylation is 1. The Morgan fingerprint density at radius 2 is 2.32 bits per heavy atom. The predicted octanol–water partition coefficient (Wildman–Crippen LogP) is 2.32. The molecule has 0 radical (unpaired) electrons. The van der Waals surface area contributed by atoms with Gasteiger partial charge in [-0.1, -0.05) is 20.3 Å². The van der Waals surface area contributed by atoms with Gasteiger partial charge in [-0.25, -0.2) is 4.98 Å². The monoisotopic (exact) mass is 259 g/mol. The van der Waals surface area contributed by atoms with E-state index in [0.29, 0.717) is 6.04 Å². The number of aromatic nitrogens is 1. The van der Waals surface area contributed by atoms with Gasteiger partial charge in [0.2, 0.25) is 0 Å². The fraction of sp³-hybridized carbons (Fsp3) is 0.688. The number of pyridine rings is 1. The Morgan fingerprint density at radius 3 is 3.11 bits per heavy atom. The summed E-state index contributed by atoms with van der Waals surface area (Å²) in [5, 5.41) is 3.51. The van der Waals surface area contributed by atoms with Crippen molar-refractivity contribution in [1.29, 1.82) is 0 Å². The molecule has 0 aliphatic carbocycles. The average molecular weight is 259 g/mol. The van der Waals surface area contributed by atoms with Crippen LogP contribution >= 0.6 is 0 Å². The van der Waals surface area contributed by atoms with Crippen LogP contribution in [0, 0.1) is 0 Å². The SMILES string of the molecule is CCCc1cnc2c(c1CC)CC[C@@H]1CNCCN21. The average Bonchev–Trinajstić information content (AvgIpc) is 2.47. The van der Waals surface area contributed by atoms with Crippen molar-refractivity contribution < 1.29 is 0 Å². The van der Waals surface area contributed by atoms with E-state index in [4.69, 9.17) is 4.98 Å². The summed E-state index contributed by atoms with van der Waals surface area (Å²) < 4.78 is 0. The number of nitrogens with zero attached hydrogens (tertiary/aromatic N) is 2. The van der Waals surface area contributed by atoms with Crippen molar-refractivity contribution >= 4 is 5.82 Å². The largest absolute Gasteiger partial charge is 0.351 e. The fourth-order valence-corrected chi connectivity index (χ4v) is 3.67. The summed E-state index contributed by atoms with van der Waals surface area (Å²) in [7, 11) is 0. The highest BCUT2D eigenvalue weighted by Crippen LogP contribution is 2.33. The smallest absolute Gasteiger partial charge is 0.132 e. The van der Waals surface area contributed by atoms with Crippen LogP contribution in [0.3, 0.4) is 0 Å². The molecule has 2 aliphatic rings. The van der Waals surface area contributed by atoms with E-state index in [2.05, 4.69) is 30.3 Å². The first kappa shape index (κ1) is 12.9. The zero-order valence-electron chi connectivity index (χ0n) is 12.2. The lowest BCUT2D eigenvalue weighted by Gasteiger charge is -2.42. The summed E-state index contributed by atoms with van der Waals surface area (Å²) in [6.07, 6.45) is 8.18. The van der Waals surface area contributed by atoms with Crippen molar-refractivity contribution in [3.63, 3.8) is 0 Å². The van der Waals surface area contributed by atoms with Gasteiger partial charge in [0.15, 0.2) is 0 Å². The molecule has 1 aromatic rings. The molecule has 3 nitrogen and oxygen atoms in total. The molecule has 3 rings (SSSR count). The summed E-state index contributed by atoms with van der Waals surface area (Å²) in [5.74, 6) is 1.29. The molecule has 1 N–H and O–H groups in total. The first-order valence-corrected chi connectivity index (χ1v) is 7.82. The van der Waals surface area contributed by atoms with Gasteiger partial charge >= 0.3 is 0 Å². The maximum atomic E-state index is 4.83. The maximum absolute atomic E-state index is 4.83. The molecule has 3 heterocycles. The molecule has 104 valence electrons. The standard InChI is InChI=1S/C16H25N3/c1-3-5-12-10-18-16-15(14(12)4-2)7-6-13-11-17-8-9-19(13)16/h10,13,17H,3-9,11H2,1-2H3/t13-/m1/s1. The number of fused-ring (bicyclic) bond motifs is 3. The normalized spacial score (nSPS) is 22.0. The van der Waals surface area contributed by atoms with Gasteiger partial charge in [0, 0.05) is 31.9 Å². The second kappa shape index (κ2) is 5.49. The lowest BCUT2D eigenvalue weighted by atomic mass is 9.89. The van der Waals surface area contributed by atoms with Gasteiger partial charge in [0.25, 0.3) is 0 Å². The number of hydrogen-bond acceptors (Lipinski definition) is 3. The van der Waals surface area contributed by atoms with Crippen LogP contribution in [0.1, 0.15) is 43.4 Å². The Labute approximate surface area is 116 Å². The zero-order valence-corrected chi connectivity index (χ0v) is 12.2. The second-order valence-corrected chi connectivity index (χ2v) is 5.76. The number of piperazine rings is 1. The first-order valence-electron chi connectivity index (χ1n) is 7.82. The number of nitrogens with one attached hydrogen (secondary N) is 1. The van der Waals surface area contributed by atoms with Crippen LogP contribution in [0.25, 0.3) is 0 Å². The van der Waals surface area contributed by atoms with Gasteiger partial charge < -0.3 is 10.2 Å². The molecule has 0 aromatic carbocycles. The van der Waals surface area contributed by atoms with E-state index in [9.17, 15) is 0 Å². The highest BCUT2D eigenvalue weighted by atomic mass is 15.3.